The summed E-state index contributed by atoms with van der Waals surface area (Å²) < 4.78 is 57.2. The topological polar surface area (TPSA) is 86.9 Å². The van der Waals surface area contributed by atoms with Crippen molar-refractivity contribution >= 4 is 11.6 Å². The molecule has 0 bridgehead atoms. The summed E-state index contributed by atoms with van der Waals surface area (Å²) in [6.07, 6.45) is -4.58. The van der Waals surface area contributed by atoms with Crippen LogP contribution in [0.2, 0.25) is 0 Å². The number of carbonyl (C=O) groups excluding carboxylic acids is 1. The minimum atomic E-state index is -4.76. The molecule has 0 spiro atoms. The Labute approximate surface area is 179 Å². The molecule has 1 amide bonds. The lowest BCUT2D eigenvalue weighted by Gasteiger charge is -2.22. The summed E-state index contributed by atoms with van der Waals surface area (Å²) in [5.41, 5.74) is 1.14. The van der Waals surface area contributed by atoms with Gasteiger partial charge in [0.25, 0.3) is 0 Å². The van der Waals surface area contributed by atoms with E-state index in [2.05, 4.69) is 14.9 Å². The summed E-state index contributed by atoms with van der Waals surface area (Å²) in [5, 5.41) is 3.90. The highest BCUT2D eigenvalue weighted by atomic mass is 19.4. The monoisotopic (exact) mass is 447 g/mol. The second-order valence-corrected chi connectivity index (χ2v) is 7.26. The fraction of sp³-hybridized carbons (Fsp3) is 0.286. The Kier molecular flexibility index (Phi) is 4.87. The predicted octanol–water partition coefficient (Wildman–Crippen LogP) is 3.93. The summed E-state index contributed by atoms with van der Waals surface area (Å²) >= 11 is 0. The molecule has 3 heterocycles. The quantitative estimate of drug-likeness (QED) is 0.599. The Balaban J connectivity index is 1.30. The van der Waals surface area contributed by atoms with Crippen LogP contribution in [0.4, 0.5) is 18.9 Å². The van der Waals surface area contributed by atoms with Gasteiger partial charge in [0.15, 0.2) is 11.5 Å². The molecule has 1 fully saturated rings. The van der Waals surface area contributed by atoms with Crippen molar-refractivity contribution in [2.75, 3.05) is 24.7 Å². The van der Waals surface area contributed by atoms with Crippen molar-refractivity contribution in [2.45, 2.75) is 18.7 Å². The zero-order valence-electron chi connectivity index (χ0n) is 16.5. The average Bonchev–Trinajstić information content (AvgIpc) is 3.40. The van der Waals surface area contributed by atoms with E-state index >= 15 is 0 Å². The molecule has 1 unspecified atom stereocenters. The second-order valence-electron chi connectivity index (χ2n) is 7.26. The third-order valence-electron chi connectivity index (χ3n) is 5.10. The number of hydrogen-bond donors (Lipinski definition) is 0. The first-order valence-corrected chi connectivity index (χ1v) is 9.75. The zero-order valence-corrected chi connectivity index (χ0v) is 16.5. The lowest BCUT2D eigenvalue weighted by Crippen LogP contribution is -2.24. The van der Waals surface area contributed by atoms with Crippen molar-refractivity contribution in [3.05, 3.63) is 48.4 Å². The van der Waals surface area contributed by atoms with E-state index in [9.17, 15) is 18.0 Å². The predicted molar refractivity (Wildman–Crippen MR) is 104 cm³/mol. The van der Waals surface area contributed by atoms with Gasteiger partial charge in [0.1, 0.15) is 19.0 Å². The molecule has 8 nitrogen and oxygen atoms in total. The van der Waals surface area contributed by atoms with Gasteiger partial charge >= 0.3 is 6.36 Å². The minimum Gasteiger partial charge on any atom is -0.486 e. The number of nitrogens with zero attached hydrogens (tertiary/aromatic N) is 3. The van der Waals surface area contributed by atoms with Gasteiger partial charge in [-0.25, -0.2) is 0 Å². The molecule has 1 atom stereocenters. The van der Waals surface area contributed by atoms with Crippen molar-refractivity contribution in [3.63, 3.8) is 0 Å². The van der Waals surface area contributed by atoms with E-state index < -0.39 is 6.36 Å². The molecule has 0 N–H and O–H groups in total. The molecule has 2 aromatic carbocycles. The van der Waals surface area contributed by atoms with Gasteiger partial charge in [-0.2, -0.15) is 4.98 Å². The highest BCUT2D eigenvalue weighted by Gasteiger charge is 2.36. The number of halogens is 3. The largest absolute Gasteiger partial charge is 0.573 e. The van der Waals surface area contributed by atoms with Gasteiger partial charge in [-0.05, 0) is 36.4 Å². The van der Waals surface area contributed by atoms with E-state index in [1.54, 1.807) is 23.1 Å². The summed E-state index contributed by atoms with van der Waals surface area (Å²) in [4.78, 5) is 18.6. The SMILES string of the molecule is O=C1CC(c2nc(-c3ccc(OC(F)(F)F)cc3)no2)CN1c1ccc2c(c1)OCCO2. The highest BCUT2D eigenvalue weighted by molar-refractivity contribution is 5.96. The van der Waals surface area contributed by atoms with Gasteiger partial charge in [0.2, 0.25) is 17.6 Å². The fourth-order valence-corrected chi connectivity index (χ4v) is 3.65. The number of carbonyl (C=O) groups is 1. The van der Waals surface area contributed by atoms with Crippen LogP contribution in [0, 0.1) is 0 Å². The molecule has 166 valence electrons. The molecule has 0 radical (unpaired) electrons. The van der Waals surface area contributed by atoms with Gasteiger partial charge in [-0.1, -0.05) is 5.16 Å². The maximum Gasteiger partial charge on any atom is 0.573 e. The molecule has 0 saturated carbocycles. The molecule has 0 aliphatic carbocycles. The minimum absolute atomic E-state index is 0.0971. The molecule has 32 heavy (non-hydrogen) atoms. The number of aromatic nitrogens is 2. The zero-order chi connectivity index (χ0) is 22.3. The van der Waals surface area contributed by atoms with Gasteiger partial charge in [0, 0.05) is 30.3 Å². The molecule has 1 saturated heterocycles. The van der Waals surface area contributed by atoms with E-state index in [0.717, 1.165) is 0 Å². The molecule has 2 aliphatic heterocycles. The number of alkyl halides is 3. The van der Waals surface area contributed by atoms with E-state index in [1.807, 2.05) is 0 Å². The van der Waals surface area contributed by atoms with Crippen molar-refractivity contribution in [1.82, 2.24) is 10.1 Å². The number of ether oxygens (including phenoxy) is 3. The van der Waals surface area contributed by atoms with Crippen molar-refractivity contribution in [3.8, 4) is 28.6 Å². The smallest absolute Gasteiger partial charge is 0.486 e. The number of hydrogen-bond acceptors (Lipinski definition) is 7. The lowest BCUT2D eigenvalue weighted by molar-refractivity contribution is -0.274. The molecule has 11 heteroatoms. The van der Waals surface area contributed by atoms with Gasteiger partial charge in [0.05, 0.1) is 5.92 Å². The van der Waals surface area contributed by atoms with E-state index in [1.165, 1.54) is 24.3 Å². The first-order chi connectivity index (χ1) is 15.4. The lowest BCUT2D eigenvalue weighted by atomic mass is 10.1. The Hall–Kier alpha value is -3.76. The van der Waals surface area contributed by atoms with Crippen LogP contribution < -0.4 is 19.1 Å². The molecular weight excluding hydrogens is 431 g/mol. The Morgan fingerprint density at radius 1 is 1.03 bits per heavy atom. The van der Waals surface area contributed by atoms with Crippen LogP contribution in [0.1, 0.15) is 18.2 Å². The molecule has 5 rings (SSSR count). The number of fused-ring (bicyclic) bond motifs is 1. The number of anilines is 1. The second kappa shape index (κ2) is 7.74. The highest BCUT2D eigenvalue weighted by Crippen LogP contribution is 2.38. The maximum absolute atomic E-state index is 12.6. The van der Waals surface area contributed by atoms with Crippen LogP contribution in [0.5, 0.6) is 17.2 Å². The van der Waals surface area contributed by atoms with Crippen molar-refractivity contribution in [2.24, 2.45) is 0 Å². The third kappa shape index (κ3) is 4.05. The van der Waals surface area contributed by atoms with Crippen LogP contribution >= 0.6 is 0 Å². The Bertz CT molecular complexity index is 1150. The summed E-state index contributed by atoms with van der Waals surface area (Å²) in [7, 11) is 0. The Morgan fingerprint density at radius 3 is 2.53 bits per heavy atom. The van der Waals surface area contributed by atoms with Gasteiger partial charge in [-0.3, -0.25) is 4.79 Å². The van der Waals surface area contributed by atoms with Crippen molar-refractivity contribution in [1.29, 1.82) is 0 Å². The van der Waals surface area contributed by atoms with Crippen LogP contribution in [0.3, 0.4) is 0 Å². The van der Waals surface area contributed by atoms with Crippen LogP contribution in [-0.2, 0) is 4.79 Å². The van der Waals surface area contributed by atoms with Gasteiger partial charge in [-0.15, -0.1) is 13.2 Å². The molecule has 2 aliphatic rings. The Morgan fingerprint density at radius 2 is 1.78 bits per heavy atom. The van der Waals surface area contributed by atoms with Crippen LogP contribution in [0.25, 0.3) is 11.4 Å². The number of benzene rings is 2. The fourth-order valence-electron chi connectivity index (χ4n) is 3.65. The van der Waals surface area contributed by atoms with Gasteiger partial charge < -0.3 is 23.6 Å². The van der Waals surface area contributed by atoms with E-state index in [-0.39, 0.29) is 35.7 Å². The summed E-state index contributed by atoms with van der Waals surface area (Å²) in [6, 6.07) is 10.5. The van der Waals surface area contributed by atoms with Crippen LogP contribution in [-0.4, -0.2) is 42.2 Å². The third-order valence-corrected chi connectivity index (χ3v) is 5.10. The maximum atomic E-state index is 12.6. The number of amides is 1. The first kappa shape index (κ1) is 20.2. The molecule has 3 aromatic rings. The summed E-state index contributed by atoms with van der Waals surface area (Å²) in [6.45, 7) is 1.27. The van der Waals surface area contributed by atoms with E-state index in [4.69, 9.17) is 14.0 Å². The standard InChI is InChI=1S/C21H16F3N3O5/c22-21(23,24)31-15-4-1-12(2-5-15)19-25-20(32-26-19)13-9-18(28)27(11-13)14-3-6-16-17(10-14)30-8-7-29-16/h1-6,10,13H,7-9,11H2. The number of rotatable bonds is 4. The normalized spacial score (nSPS) is 18.2. The first-order valence-electron chi connectivity index (χ1n) is 9.75. The van der Waals surface area contributed by atoms with Crippen molar-refractivity contribution < 1.29 is 36.7 Å². The molecule has 1 aromatic heterocycles. The molecular formula is C21H16F3N3O5. The van der Waals surface area contributed by atoms with Crippen LogP contribution in [0.15, 0.2) is 47.0 Å². The average molecular weight is 447 g/mol. The van der Waals surface area contributed by atoms with E-state index in [0.29, 0.717) is 42.5 Å². The summed E-state index contributed by atoms with van der Waals surface area (Å²) in [5.74, 6) is 0.957.